The standard InChI is InChI=1S/C22H18O2/c1-3-13-11-19-17-5-6-18-16(15(17)7-9-21(19)23-13)8-10-22-20(18)12-14(4-2)24-22/h5-12H,3-4H2,1-2H3. The van der Waals surface area contributed by atoms with Gasteiger partial charge >= 0.3 is 0 Å². The van der Waals surface area contributed by atoms with Crippen molar-refractivity contribution in [3.63, 3.8) is 0 Å². The molecule has 3 aromatic carbocycles. The Hall–Kier alpha value is -2.74. The zero-order valence-corrected chi connectivity index (χ0v) is 13.8. The third-order valence-electron chi connectivity index (χ3n) is 4.99. The lowest BCUT2D eigenvalue weighted by Crippen LogP contribution is -1.79. The SMILES string of the molecule is CCc1cc2c(ccc3c2ccc2c4cc(CC)oc4ccc23)o1. The van der Waals surface area contributed by atoms with Crippen LogP contribution in [-0.2, 0) is 12.8 Å². The topological polar surface area (TPSA) is 26.3 Å². The molecule has 0 saturated carbocycles. The Morgan fingerprint density at radius 2 is 0.917 bits per heavy atom. The average molecular weight is 314 g/mol. The Morgan fingerprint density at radius 1 is 0.542 bits per heavy atom. The Labute approximate surface area is 139 Å². The van der Waals surface area contributed by atoms with Crippen LogP contribution in [0.3, 0.4) is 0 Å². The van der Waals surface area contributed by atoms with Crippen LogP contribution in [0.5, 0.6) is 0 Å². The number of hydrogen-bond donors (Lipinski definition) is 0. The van der Waals surface area contributed by atoms with Gasteiger partial charge in [0.05, 0.1) is 0 Å². The molecule has 0 aliphatic rings. The van der Waals surface area contributed by atoms with Gasteiger partial charge in [0.2, 0.25) is 0 Å². The molecule has 0 bridgehead atoms. The number of benzene rings is 3. The van der Waals surface area contributed by atoms with Crippen LogP contribution >= 0.6 is 0 Å². The van der Waals surface area contributed by atoms with E-state index in [1.54, 1.807) is 0 Å². The number of hydrogen-bond acceptors (Lipinski definition) is 2. The summed E-state index contributed by atoms with van der Waals surface area (Å²) in [6.45, 7) is 4.24. The largest absolute Gasteiger partial charge is 0.461 e. The predicted molar refractivity (Wildman–Crippen MR) is 99.8 cm³/mol. The highest BCUT2D eigenvalue weighted by Crippen LogP contribution is 2.36. The molecule has 5 aromatic rings. The average Bonchev–Trinajstić information content (AvgIpc) is 3.24. The Morgan fingerprint density at radius 3 is 1.33 bits per heavy atom. The second-order valence-electron chi connectivity index (χ2n) is 6.34. The first kappa shape index (κ1) is 13.7. The number of rotatable bonds is 2. The van der Waals surface area contributed by atoms with Crippen molar-refractivity contribution in [2.75, 3.05) is 0 Å². The zero-order chi connectivity index (χ0) is 16.3. The molecule has 24 heavy (non-hydrogen) atoms. The molecule has 0 saturated heterocycles. The Bertz CT molecular complexity index is 1120. The van der Waals surface area contributed by atoms with E-state index in [9.17, 15) is 0 Å². The summed E-state index contributed by atoms with van der Waals surface area (Å²) >= 11 is 0. The Balaban J connectivity index is 1.92. The minimum absolute atomic E-state index is 0.916. The molecule has 0 unspecified atom stereocenters. The molecule has 0 N–H and O–H groups in total. The van der Waals surface area contributed by atoms with Gasteiger partial charge in [-0.3, -0.25) is 0 Å². The minimum atomic E-state index is 0.916. The molecule has 2 nitrogen and oxygen atoms in total. The highest BCUT2D eigenvalue weighted by molar-refractivity contribution is 6.21. The summed E-state index contributed by atoms with van der Waals surface area (Å²) in [6.07, 6.45) is 1.83. The van der Waals surface area contributed by atoms with Crippen LogP contribution in [0.25, 0.3) is 43.5 Å². The van der Waals surface area contributed by atoms with Gasteiger partial charge in [-0.25, -0.2) is 0 Å². The van der Waals surface area contributed by atoms with E-state index < -0.39 is 0 Å². The lowest BCUT2D eigenvalue weighted by Gasteiger charge is -2.05. The van der Waals surface area contributed by atoms with Gasteiger partial charge in [-0.15, -0.1) is 0 Å². The van der Waals surface area contributed by atoms with Gasteiger partial charge < -0.3 is 8.83 Å². The van der Waals surface area contributed by atoms with Crippen molar-refractivity contribution in [2.45, 2.75) is 26.7 Å². The van der Waals surface area contributed by atoms with Crippen LogP contribution in [0.1, 0.15) is 25.4 Å². The maximum atomic E-state index is 5.91. The second-order valence-corrected chi connectivity index (χ2v) is 6.34. The van der Waals surface area contributed by atoms with Crippen molar-refractivity contribution in [3.8, 4) is 0 Å². The molecule has 0 spiro atoms. The van der Waals surface area contributed by atoms with Crippen LogP contribution in [0.2, 0.25) is 0 Å². The quantitative estimate of drug-likeness (QED) is 0.343. The first-order valence-electron chi connectivity index (χ1n) is 8.57. The summed E-state index contributed by atoms with van der Waals surface area (Å²) in [7, 11) is 0. The molecule has 0 fully saturated rings. The molecule has 0 aliphatic carbocycles. The van der Waals surface area contributed by atoms with E-state index in [1.807, 2.05) is 0 Å². The van der Waals surface area contributed by atoms with Gasteiger partial charge in [0.25, 0.3) is 0 Å². The van der Waals surface area contributed by atoms with E-state index in [0.29, 0.717) is 0 Å². The monoisotopic (exact) mass is 314 g/mol. The van der Waals surface area contributed by atoms with Crippen LogP contribution < -0.4 is 0 Å². The maximum absolute atomic E-state index is 5.91. The van der Waals surface area contributed by atoms with E-state index in [0.717, 1.165) is 35.5 Å². The summed E-state index contributed by atoms with van der Waals surface area (Å²) in [5, 5.41) is 7.44. The summed E-state index contributed by atoms with van der Waals surface area (Å²) < 4.78 is 11.8. The minimum Gasteiger partial charge on any atom is -0.461 e. The molecule has 2 heteroatoms. The molecule has 0 amide bonds. The van der Waals surface area contributed by atoms with Crippen molar-refractivity contribution < 1.29 is 8.83 Å². The molecule has 5 rings (SSSR count). The third kappa shape index (κ3) is 1.77. The molecular weight excluding hydrogens is 296 g/mol. The smallest absolute Gasteiger partial charge is 0.134 e. The van der Waals surface area contributed by atoms with Crippen molar-refractivity contribution in [3.05, 3.63) is 60.1 Å². The molecular formula is C22H18O2. The number of aryl methyl sites for hydroxylation is 2. The summed E-state index contributed by atoms with van der Waals surface area (Å²) in [6, 6.07) is 17.3. The first-order valence-corrected chi connectivity index (χ1v) is 8.57. The van der Waals surface area contributed by atoms with Crippen LogP contribution in [0, 0.1) is 0 Å². The molecule has 118 valence electrons. The fraction of sp³-hybridized carbons (Fsp3) is 0.182. The number of fused-ring (bicyclic) bond motifs is 7. The van der Waals surface area contributed by atoms with Gasteiger partial charge in [-0.2, -0.15) is 0 Å². The highest BCUT2D eigenvalue weighted by Gasteiger charge is 2.12. The lowest BCUT2D eigenvalue weighted by atomic mass is 9.97. The normalized spacial score (nSPS) is 12.1. The van der Waals surface area contributed by atoms with Gasteiger partial charge in [0, 0.05) is 23.6 Å². The van der Waals surface area contributed by atoms with Crippen LogP contribution in [0.4, 0.5) is 0 Å². The molecule has 0 atom stereocenters. The second kappa shape index (κ2) is 4.88. The van der Waals surface area contributed by atoms with Gasteiger partial charge in [-0.1, -0.05) is 38.1 Å². The van der Waals surface area contributed by atoms with Gasteiger partial charge in [0.1, 0.15) is 22.7 Å². The van der Waals surface area contributed by atoms with Gasteiger partial charge in [-0.05, 0) is 45.8 Å². The summed E-state index contributed by atoms with van der Waals surface area (Å²) in [5.41, 5.74) is 1.94. The van der Waals surface area contributed by atoms with E-state index in [-0.39, 0.29) is 0 Å². The third-order valence-corrected chi connectivity index (χ3v) is 4.99. The van der Waals surface area contributed by atoms with E-state index in [2.05, 4.69) is 62.4 Å². The van der Waals surface area contributed by atoms with E-state index in [1.165, 1.54) is 32.3 Å². The van der Waals surface area contributed by atoms with Crippen LogP contribution in [-0.4, -0.2) is 0 Å². The first-order chi connectivity index (χ1) is 11.8. The van der Waals surface area contributed by atoms with E-state index in [4.69, 9.17) is 8.83 Å². The van der Waals surface area contributed by atoms with Crippen molar-refractivity contribution in [1.29, 1.82) is 0 Å². The fourth-order valence-electron chi connectivity index (χ4n) is 3.72. The van der Waals surface area contributed by atoms with E-state index >= 15 is 0 Å². The number of furan rings is 2. The van der Waals surface area contributed by atoms with Gasteiger partial charge in [0.15, 0.2) is 0 Å². The molecule has 0 radical (unpaired) electrons. The van der Waals surface area contributed by atoms with Crippen molar-refractivity contribution >= 4 is 43.5 Å². The highest BCUT2D eigenvalue weighted by atomic mass is 16.3. The molecule has 2 heterocycles. The van der Waals surface area contributed by atoms with Crippen LogP contribution in [0.15, 0.2) is 57.4 Å². The molecule has 2 aromatic heterocycles. The summed E-state index contributed by atoms with van der Waals surface area (Å²) in [5.74, 6) is 2.07. The zero-order valence-electron chi connectivity index (χ0n) is 13.8. The fourth-order valence-corrected chi connectivity index (χ4v) is 3.72. The maximum Gasteiger partial charge on any atom is 0.134 e. The lowest BCUT2D eigenvalue weighted by molar-refractivity contribution is 0.557. The summed E-state index contributed by atoms with van der Waals surface area (Å²) in [4.78, 5) is 0. The molecule has 0 aliphatic heterocycles. The van der Waals surface area contributed by atoms with Crippen molar-refractivity contribution in [1.82, 2.24) is 0 Å². The predicted octanol–water partition coefficient (Wildman–Crippen LogP) is 6.61. The Kier molecular flexibility index (Phi) is 2.78. The van der Waals surface area contributed by atoms with Crippen molar-refractivity contribution in [2.24, 2.45) is 0 Å².